The highest BCUT2D eigenvalue weighted by Crippen LogP contribution is 2.23. The van der Waals surface area contributed by atoms with Gasteiger partial charge in [0, 0.05) is 13.1 Å². The molecular weight excluding hydrogens is 434 g/mol. The number of methoxy groups -OCH3 is 1. The number of aromatic nitrogens is 4. The Morgan fingerprint density at radius 3 is 2.41 bits per heavy atom. The van der Waals surface area contributed by atoms with Crippen molar-refractivity contribution in [2.45, 2.75) is 39.9 Å². The molecule has 9 nitrogen and oxygen atoms in total. The molecule has 1 amide bonds. The lowest BCUT2D eigenvalue weighted by Gasteiger charge is -2.14. The number of benzene rings is 2. The Balaban J connectivity index is 1.77. The number of nitrogens with zero attached hydrogens (tertiary/aromatic N) is 4. The Kier molecular flexibility index (Phi) is 6.62. The number of fused-ring (bicyclic) bond motifs is 1. The molecule has 0 fully saturated rings. The molecule has 1 N–H and O–H groups in total. The Morgan fingerprint density at radius 2 is 1.71 bits per heavy atom. The first kappa shape index (κ1) is 23.0. The first-order valence-electron chi connectivity index (χ1n) is 11.1. The Morgan fingerprint density at radius 1 is 1.00 bits per heavy atom. The highest BCUT2D eigenvalue weighted by molar-refractivity contribution is 5.93. The summed E-state index contributed by atoms with van der Waals surface area (Å²) in [6.45, 7) is 4.00. The molecule has 0 aliphatic rings. The van der Waals surface area contributed by atoms with Crippen molar-refractivity contribution in [3.63, 3.8) is 0 Å². The molecule has 0 unspecified atom stereocenters. The van der Waals surface area contributed by atoms with Crippen LogP contribution in [0.1, 0.15) is 18.2 Å². The molecule has 0 atom stereocenters. The maximum Gasteiger partial charge on any atom is 0.332 e. The van der Waals surface area contributed by atoms with Crippen molar-refractivity contribution >= 4 is 22.6 Å². The van der Waals surface area contributed by atoms with Crippen LogP contribution in [0.4, 0.5) is 5.69 Å². The Labute approximate surface area is 196 Å². The SMILES string of the molecule is CCn1nc(C)c2c1c(=O)n(CCc1ccccc1)c(=O)n2CC(=O)Nc1ccccc1OC. The molecule has 9 heteroatoms. The molecule has 0 radical (unpaired) electrons. The van der Waals surface area contributed by atoms with Crippen LogP contribution < -0.4 is 21.3 Å². The zero-order chi connectivity index (χ0) is 24.2. The fraction of sp³-hybridized carbons (Fsp3) is 0.280. The van der Waals surface area contributed by atoms with Gasteiger partial charge >= 0.3 is 5.69 Å². The number of aryl methyl sites for hydroxylation is 3. The monoisotopic (exact) mass is 461 g/mol. The second-order valence-corrected chi connectivity index (χ2v) is 7.91. The van der Waals surface area contributed by atoms with E-state index in [1.807, 2.05) is 37.3 Å². The van der Waals surface area contributed by atoms with Crippen molar-refractivity contribution in [3.05, 3.63) is 86.7 Å². The zero-order valence-electron chi connectivity index (χ0n) is 19.4. The van der Waals surface area contributed by atoms with Gasteiger partial charge in [-0.05, 0) is 38.0 Å². The maximum absolute atomic E-state index is 13.5. The average Bonchev–Trinajstić information content (AvgIpc) is 3.19. The predicted octanol–water partition coefficient (Wildman–Crippen LogP) is 2.58. The minimum Gasteiger partial charge on any atom is -0.495 e. The first-order chi connectivity index (χ1) is 16.4. The summed E-state index contributed by atoms with van der Waals surface area (Å²) in [5.41, 5.74) is 1.78. The van der Waals surface area contributed by atoms with Crippen LogP contribution >= 0.6 is 0 Å². The summed E-state index contributed by atoms with van der Waals surface area (Å²) in [6, 6.07) is 16.7. The summed E-state index contributed by atoms with van der Waals surface area (Å²) in [5, 5.41) is 7.24. The topological polar surface area (TPSA) is 100 Å². The van der Waals surface area contributed by atoms with Crippen LogP contribution in [-0.2, 0) is 30.8 Å². The summed E-state index contributed by atoms with van der Waals surface area (Å²) in [4.78, 5) is 39.8. The fourth-order valence-corrected chi connectivity index (χ4v) is 4.10. The van der Waals surface area contributed by atoms with Crippen LogP contribution in [0, 0.1) is 6.92 Å². The molecule has 0 spiro atoms. The minimum absolute atomic E-state index is 0.194. The third-order valence-corrected chi connectivity index (χ3v) is 5.72. The summed E-state index contributed by atoms with van der Waals surface area (Å²) >= 11 is 0. The number of anilines is 1. The normalized spacial score (nSPS) is 11.0. The first-order valence-corrected chi connectivity index (χ1v) is 11.1. The molecule has 4 aromatic rings. The summed E-state index contributed by atoms with van der Waals surface area (Å²) < 4.78 is 9.41. The Bertz CT molecular complexity index is 1450. The summed E-state index contributed by atoms with van der Waals surface area (Å²) in [6.07, 6.45) is 0.508. The quantitative estimate of drug-likeness (QED) is 0.435. The van der Waals surface area contributed by atoms with E-state index >= 15 is 0 Å². The van der Waals surface area contributed by atoms with Crippen LogP contribution in [0.2, 0.25) is 0 Å². The smallest absolute Gasteiger partial charge is 0.332 e. The van der Waals surface area contributed by atoms with E-state index < -0.39 is 17.2 Å². The van der Waals surface area contributed by atoms with Gasteiger partial charge in [0.25, 0.3) is 5.56 Å². The van der Waals surface area contributed by atoms with Gasteiger partial charge in [-0.2, -0.15) is 5.10 Å². The molecule has 34 heavy (non-hydrogen) atoms. The molecule has 2 heterocycles. The predicted molar refractivity (Wildman–Crippen MR) is 130 cm³/mol. The molecule has 0 aliphatic carbocycles. The number of amides is 1. The van der Waals surface area contributed by atoms with Gasteiger partial charge in [-0.15, -0.1) is 0 Å². The van der Waals surface area contributed by atoms with Crippen molar-refractivity contribution in [2.24, 2.45) is 0 Å². The van der Waals surface area contributed by atoms with Gasteiger partial charge in [-0.3, -0.25) is 23.4 Å². The van der Waals surface area contributed by atoms with Crippen molar-refractivity contribution in [1.82, 2.24) is 18.9 Å². The van der Waals surface area contributed by atoms with E-state index in [2.05, 4.69) is 10.4 Å². The van der Waals surface area contributed by atoms with Crippen molar-refractivity contribution in [3.8, 4) is 5.75 Å². The molecule has 0 aliphatic heterocycles. The van der Waals surface area contributed by atoms with E-state index in [-0.39, 0.29) is 13.1 Å². The number of hydrogen-bond donors (Lipinski definition) is 1. The van der Waals surface area contributed by atoms with E-state index in [0.717, 1.165) is 5.56 Å². The maximum atomic E-state index is 13.5. The standard InChI is InChI=1S/C25H27N5O4/c1-4-30-23-22(17(2)27-30)29(16-21(31)26-19-12-8-9-13-20(19)34-3)25(33)28(24(23)32)15-14-18-10-6-5-7-11-18/h5-13H,4,14-16H2,1-3H3,(H,26,31). The lowest BCUT2D eigenvalue weighted by molar-refractivity contribution is -0.116. The van der Waals surface area contributed by atoms with Gasteiger partial charge in [0.15, 0.2) is 5.52 Å². The second kappa shape index (κ2) is 9.78. The van der Waals surface area contributed by atoms with Crippen LogP contribution in [0.3, 0.4) is 0 Å². The van der Waals surface area contributed by atoms with Crippen LogP contribution in [-0.4, -0.2) is 31.9 Å². The van der Waals surface area contributed by atoms with Crippen molar-refractivity contribution in [1.29, 1.82) is 0 Å². The van der Waals surface area contributed by atoms with E-state index in [9.17, 15) is 14.4 Å². The molecule has 0 saturated carbocycles. The van der Waals surface area contributed by atoms with Crippen molar-refractivity contribution < 1.29 is 9.53 Å². The van der Waals surface area contributed by atoms with Gasteiger partial charge in [0.1, 0.15) is 17.8 Å². The molecule has 176 valence electrons. The number of hydrogen-bond acceptors (Lipinski definition) is 5. The van der Waals surface area contributed by atoms with E-state index in [4.69, 9.17) is 4.74 Å². The second-order valence-electron chi connectivity index (χ2n) is 7.91. The van der Waals surface area contributed by atoms with E-state index in [1.165, 1.54) is 16.2 Å². The molecule has 0 bridgehead atoms. The van der Waals surface area contributed by atoms with Gasteiger partial charge < -0.3 is 10.1 Å². The molecule has 0 saturated heterocycles. The molecule has 4 rings (SSSR count). The lowest BCUT2D eigenvalue weighted by atomic mass is 10.1. The lowest BCUT2D eigenvalue weighted by Crippen LogP contribution is -2.42. The van der Waals surface area contributed by atoms with Crippen LogP contribution in [0.15, 0.2) is 64.2 Å². The minimum atomic E-state index is -0.539. The van der Waals surface area contributed by atoms with Gasteiger partial charge in [-0.25, -0.2) is 4.79 Å². The summed E-state index contributed by atoms with van der Waals surface area (Å²) in [7, 11) is 1.52. The Hall–Kier alpha value is -4.14. The number of para-hydroxylation sites is 2. The number of nitrogens with one attached hydrogen (secondary N) is 1. The largest absolute Gasteiger partial charge is 0.495 e. The third kappa shape index (κ3) is 4.36. The van der Waals surface area contributed by atoms with Gasteiger partial charge in [0.2, 0.25) is 5.91 Å². The highest BCUT2D eigenvalue weighted by atomic mass is 16.5. The number of carbonyl (C=O) groups excluding carboxylic acids is 1. The van der Waals surface area contributed by atoms with E-state index in [1.54, 1.807) is 35.9 Å². The number of ether oxygens (including phenoxy) is 1. The highest BCUT2D eigenvalue weighted by Gasteiger charge is 2.21. The number of carbonyl (C=O) groups is 1. The van der Waals surface area contributed by atoms with E-state index in [0.29, 0.717) is 41.1 Å². The third-order valence-electron chi connectivity index (χ3n) is 5.72. The number of rotatable bonds is 8. The van der Waals surface area contributed by atoms with Gasteiger partial charge in [-0.1, -0.05) is 42.5 Å². The van der Waals surface area contributed by atoms with Gasteiger partial charge in [0.05, 0.1) is 18.5 Å². The molecular formula is C25H27N5O4. The van der Waals surface area contributed by atoms with Crippen LogP contribution in [0.5, 0.6) is 5.75 Å². The van der Waals surface area contributed by atoms with Crippen LogP contribution in [0.25, 0.3) is 11.0 Å². The van der Waals surface area contributed by atoms with Crippen molar-refractivity contribution in [2.75, 3.05) is 12.4 Å². The zero-order valence-corrected chi connectivity index (χ0v) is 19.4. The average molecular weight is 462 g/mol. The molecule has 2 aromatic heterocycles. The fourth-order valence-electron chi connectivity index (χ4n) is 4.10. The molecule has 2 aromatic carbocycles. The summed E-state index contributed by atoms with van der Waals surface area (Å²) in [5.74, 6) is 0.0981.